The van der Waals surface area contributed by atoms with Gasteiger partial charge in [0, 0.05) is 5.02 Å². The molecular formula is C15H14ClNO2S. The van der Waals surface area contributed by atoms with Crippen LogP contribution in [0.25, 0.3) is 0 Å². The van der Waals surface area contributed by atoms with E-state index in [0.29, 0.717) is 14.8 Å². The van der Waals surface area contributed by atoms with Crippen LogP contribution in [0.1, 0.15) is 44.8 Å². The largest absolute Gasteiger partial charge is 0.345 e. The molecular weight excluding hydrogens is 294 g/mol. The predicted molar refractivity (Wildman–Crippen MR) is 81.7 cm³/mol. The molecule has 1 amide bonds. The fraction of sp³-hybridized carbons (Fsp3) is 0.200. The molecule has 0 aliphatic rings. The molecule has 0 aliphatic carbocycles. The summed E-state index contributed by atoms with van der Waals surface area (Å²) in [5.41, 5.74) is 0.978. The number of hydrogen-bond acceptors (Lipinski definition) is 3. The molecule has 0 radical (unpaired) electrons. The van der Waals surface area contributed by atoms with Crippen LogP contribution in [0.3, 0.4) is 0 Å². The first-order valence-electron chi connectivity index (χ1n) is 6.14. The molecule has 1 N–H and O–H groups in total. The lowest BCUT2D eigenvalue weighted by Gasteiger charge is -2.13. The van der Waals surface area contributed by atoms with Crippen molar-refractivity contribution in [3.8, 4) is 0 Å². The number of carbonyl (C=O) groups is 2. The van der Waals surface area contributed by atoms with E-state index < -0.39 is 0 Å². The van der Waals surface area contributed by atoms with E-state index >= 15 is 0 Å². The highest BCUT2D eigenvalue weighted by Crippen LogP contribution is 2.20. The van der Waals surface area contributed by atoms with Gasteiger partial charge in [-0.3, -0.25) is 9.59 Å². The van der Waals surface area contributed by atoms with Crippen LogP contribution < -0.4 is 5.32 Å². The highest BCUT2D eigenvalue weighted by molar-refractivity contribution is 7.15. The fourth-order valence-corrected chi connectivity index (χ4v) is 2.68. The second-order valence-corrected chi connectivity index (χ2v) is 5.99. The zero-order chi connectivity index (χ0) is 14.7. The van der Waals surface area contributed by atoms with Crippen molar-refractivity contribution in [3.05, 3.63) is 56.7 Å². The normalized spacial score (nSPS) is 11.9. The van der Waals surface area contributed by atoms with Gasteiger partial charge in [-0.15, -0.1) is 11.3 Å². The Bertz CT molecular complexity index is 634. The maximum Gasteiger partial charge on any atom is 0.261 e. The monoisotopic (exact) mass is 307 g/mol. The topological polar surface area (TPSA) is 46.2 Å². The average Bonchev–Trinajstić information content (AvgIpc) is 2.89. The first-order chi connectivity index (χ1) is 9.47. The zero-order valence-electron chi connectivity index (χ0n) is 11.1. The van der Waals surface area contributed by atoms with Gasteiger partial charge in [-0.2, -0.15) is 0 Å². The lowest BCUT2D eigenvalue weighted by Crippen LogP contribution is -2.25. The number of hydrogen-bond donors (Lipinski definition) is 1. The van der Waals surface area contributed by atoms with E-state index in [1.807, 2.05) is 19.1 Å². The van der Waals surface area contributed by atoms with Crippen molar-refractivity contribution in [2.75, 3.05) is 0 Å². The molecule has 20 heavy (non-hydrogen) atoms. The zero-order valence-corrected chi connectivity index (χ0v) is 12.7. The van der Waals surface area contributed by atoms with Crippen molar-refractivity contribution in [2.45, 2.75) is 19.9 Å². The standard InChI is InChI=1S/C15H14ClNO2S/c1-9(11-3-5-12(16)6-4-11)17-15(19)14-8-7-13(20-14)10(2)18/h3-9H,1-2H3,(H,17,19)/t9-/m1/s1. The minimum absolute atomic E-state index is 0.0280. The van der Waals surface area contributed by atoms with E-state index in [1.54, 1.807) is 24.3 Å². The molecule has 5 heteroatoms. The van der Waals surface area contributed by atoms with E-state index in [9.17, 15) is 9.59 Å². The Labute approximate surface area is 126 Å². The van der Waals surface area contributed by atoms with Crippen molar-refractivity contribution in [3.63, 3.8) is 0 Å². The molecule has 2 aromatic rings. The van der Waals surface area contributed by atoms with Crippen LogP contribution in [-0.4, -0.2) is 11.7 Å². The van der Waals surface area contributed by atoms with Crippen molar-refractivity contribution in [2.24, 2.45) is 0 Å². The Morgan fingerprint density at radius 2 is 1.70 bits per heavy atom. The van der Waals surface area contributed by atoms with E-state index in [-0.39, 0.29) is 17.7 Å². The highest BCUT2D eigenvalue weighted by atomic mass is 35.5. The van der Waals surface area contributed by atoms with Crippen LogP contribution in [0.5, 0.6) is 0 Å². The molecule has 1 aromatic carbocycles. The average molecular weight is 308 g/mol. The molecule has 0 aliphatic heterocycles. The SMILES string of the molecule is CC(=O)c1ccc(C(=O)N[C@H](C)c2ccc(Cl)cc2)s1. The number of benzene rings is 1. The number of carbonyl (C=O) groups excluding carboxylic acids is 2. The third kappa shape index (κ3) is 3.46. The first-order valence-corrected chi connectivity index (χ1v) is 7.34. The second-order valence-electron chi connectivity index (χ2n) is 4.47. The number of amides is 1. The van der Waals surface area contributed by atoms with Crippen LogP contribution >= 0.6 is 22.9 Å². The van der Waals surface area contributed by atoms with Gasteiger partial charge in [-0.1, -0.05) is 23.7 Å². The van der Waals surface area contributed by atoms with E-state index in [0.717, 1.165) is 5.56 Å². The number of halogens is 1. The fourth-order valence-electron chi connectivity index (χ4n) is 1.75. The van der Waals surface area contributed by atoms with Crippen molar-refractivity contribution >= 4 is 34.6 Å². The van der Waals surface area contributed by atoms with Gasteiger partial charge in [-0.05, 0) is 43.7 Å². The summed E-state index contributed by atoms with van der Waals surface area (Å²) in [4.78, 5) is 24.4. The van der Waals surface area contributed by atoms with Gasteiger partial charge in [0.2, 0.25) is 0 Å². The Hall–Kier alpha value is -1.65. The highest BCUT2D eigenvalue weighted by Gasteiger charge is 2.14. The molecule has 0 saturated carbocycles. The number of ketones is 1. The van der Waals surface area contributed by atoms with Gasteiger partial charge < -0.3 is 5.32 Å². The lowest BCUT2D eigenvalue weighted by molar-refractivity contribution is 0.0943. The third-order valence-electron chi connectivity index (χ3n) is 2.89. The summed E-state index contributed by atoms with van der Waals surface area (Å²) in [7, 11) is 0. The molecule has 104 valence electrons. The van der Waals surface area contributed by atoms with Gasteiger partial charge in [-0.25, -0.2) is 0 Å². The third-order valence-corrected chi connectivity index (χ3v) is 4.33. The summed E-state index contributed by atoms with van der Waals surface area (Å²) in [5, 5.41) is 3.56. The summed E-state index contributed by atoms with van der Waals surface area (Å²) in [6.07, 6.45) is 0. The molecule has 1 aromatic heterocycles. The molecule has 1 atom stereocenters. The molecule has 3 nitrogen and oxygen atoms in total. The van der Waals surface area contributed by atoms with Gasteiger partial charge in [0.05, 0.1) is 15.8 Å². The summed E-state index contributed by atoms with van der Waals surface area (Å²) >= 11 is 7.04. The van der Waals surface area contributed by atoms with Crippen LogP contribution in [0.4, 0.5) is 0 Å². The van der Waals surface area contributed by atoms with Crippen LogP contribution in [0.2, 0.25) is 5.02 Å². The van der Waals surface area contributed by atoms with Crippen molar-refractivity contribution in [1.29, 1.82) is 0 Å². The van der Waals surface area contributed by atoms with Gasteiger partial charge in [0.25, 0.3) is 5.91 Å². The number of rotatable bonds is 4. The Balaban J connectivity index is 2.06. The smallest absolute Gasteiger partial charge is 0.261 e. The van der Waals surface area contributed by atoms with Crippen molar-refractivity contribution in [1.82, 2.24) is 5.32 Å². The molecule has 0 saturated heterocycles. The maximum atomic E-state index is 12.1. The molecule has 2 rings (SSSR count). The van der Waals surface area contributed by atoms with Crippen molar-refractivity contribution < 1.29 is 9.59 Å². The second kappa shape index (κ2) is 6.20. The summed E-state index contributed by atoms with van der Waals surface area (Å²) in [5.74, 6) is -0.204. The van der Waals surface area contributed by atoms with Crippen LogP contribution in [-0.2, 0) is 0 Å². The number of thiophene rings is 1. The maximum absolute atomic E-state index is 12.1. The Morgan fingerprint density at radius 3 is 2.25 bits per heavy atom. The molecule has 0 spiro atoms. The van der Waals surface area contributed by atoms with Crippen LogP contribution in [0.15, 0.2) is 36.4 Å². The lowest BCUT2D eigenvalue weighted by atomic mass is 10.1. The summed E-state index contributed by atoms with van der Waals surface area (Å²) < 4.78 is 0. The van der Waals surface area contributed by atoms with Gasteiger partial charge in [0.15, 0.2) is 5.78 Å². The Morgan fingerprint density at radius 1 is 1.10 bits per heavy atom. The van der Waals surface area contributed by atoms with Crippen LogP contribution in [0, 0.1) is 0 Å². The van der Waals surface area contributed by atoms with Gasteiger partial charge >= 0.3 is 0 Å². The van der Waals surface area contributed by atoms with E-state index in [2.05, 4.69) is 5.32 Å². The van der Waals surface area contributed by atoms with E-state index in [1.165, 1.54) is 18.3 Å². The summed E-state index contributed by atoms with van der Waals surface area (Å²) in [6, 6.07) is 10.6. The molecule has 0 unspecified atom stereocenters. The Kier molecular flexibility index (Phi) is 4.57. The molecule has 1 heterocycles. The molecule has 0 fully saturated rings. The number of Topliss-reactive ketones (excluding diaryl/α,β-unsaturated/α-hetero) is 1. The van der Waals surface area contributed by atoms with Gasteiger partial charge in [0.1, 0.15) is 0 Å². The predicted octanol–water partition coefficient (Wildman–Crippen LogP) is 4.10. The minimum atomic E-state index is -0.176. The summed E-state index contributed by atoms with van der Waals surface area (Å²) in [6.45, 7) is 3.39. The minimum Gasteiger partial charge on any atom is -0.345 e. The first kappa shape index (κ1) is 14.8. The quantitative estimate of drug-likeness (QED) is 0.865. The number of nitrogens with one attached hydrogen (secondary N) is 1. The molecule has 0 bridgehead atoms. The van der Waals surface area contributed by atoms with E-state index in [4.69, 9.17) is 11.6 Å².